The monoisotopic (exact) mass is 591 g/mol. The Morgan fingerprint density at radius 1 is 1.16 bits per heavy atom. The molecule has 3 atom stereocenters. The molecular weight excluding hydrogens is 569 g/mol. The molecule has 9 nitrogen and oxygen atoms in total. The van der Waals surface area contributed by atoms with Gasteiger partial charge in [0, 0.05) is 31.4 Å². The maximum absolute atomic E-state index is 15.6. The summed E-state index contributed by atoms with van der Waals surface area (Å²) < 4.78 is 59.3. The first-order chi connectivity index (χ1) is 17.0. The number of halogens is 7. The molecule has 1 aromatic carbocycles. The molecule has 16 heteroatoms. The SMILES string of the molecule is CC(=O)NCC1CN(c2ccc(N3CCN(C(NC(=O)C(Cl)(Cl)Cl)C(F)(F)F)[C@@](C)(F)C3)cc2)C(=O)O1. The zero-order chi connectivity index (χ0) is 27.8. The smallest absolute Gasteiger partial charge is 0.422 e. The normalized spacial score (nSPS) is 24.0. The van der Waals surface area contributed by atoms with Crippen LogP contribution in [0.2, 0.25) is 0 Å². The third-order valence-corrected chi connectivity index (χ3v) is 6.33. The summed E-state index contributed by atoms with van der Waals surface area (Å²) >= 11 is 16.1. The fraction of sp³-hybridized carbons (Fsp3) is 0.571. The molecule has 3 amide bonds. The van der Waals surface area contributed by atoms with Gasteiger partial charge < -0.3 is 20.3 Å². The summed E-state index contributed by atoms with van der Waals surface area (Å²) in [6.45, 7) is 1.78. The van der Waals surface area contributed by atoms with Crippen LogP contribution >= 0.6 is 34.8 Å². The zero-order valence-corrected chi connectivity index (χ0v) is 21.9. The molecule has 0 aromatic heterocycles. The third-order valence-electron chi connectivity index (χ3n) is 5.82. The van der Waals surface area contributed by atoms with Gasteiger partial charge in [-0.2, -0.15) is 13.2 Å². The van der Waals surface area contributed by atoms with E-state index in [-0.39, 0.29) is 25.5 Å². The zero-order valence-electron chi connectivity index (χ0n) is 19.6. The maximum Gasteiger partial charge on any atom is 0.422 e. The van der Waals surface area contributed by atoms with Crippen LogP contribution in [0.15, 0.2) is 24.3 Å². The van der Waals surface area contributed by atoms with Gasteiger partial charge in [0.2, 0.25) is 5.91 Å². The number of hydrogen-bond donors (Lipinski definition) is 2. The molecule has 1 aromatic rings. The third kappa shape index (κ3) is 7.21. The minimum absolute atomic E-state index is 0.0143. The lowest BCUT2D eigenvalue weighted by molar-refractivity contribution is -0.224. The van der Waals surface area contributed by atoms with Crippen LogP contribution in [0.3, 0.4) is 0 Å². The maximum atomic E-state index is 15.6. The molecule has 2 unspecified atom stereocenters. The van der Waals surface area contributed by atoms with Crippen LogP contribution in [0.5, 0.6) is 0 Å². The van der Waals surface area contributed by atoms with Crippen LogP contribution in [-0.2, 0) is 14.3 Å². The number of rotatable bonds is 6. The highest BCUT2D eigenvalue weighted by Crippen LogP contribution is 2.35. The Morgan fingerprint density at radius 3 is 2.27 bits per heavy atom. The molecule has 0 bridgehead atoms. The number of alkyl halides is 7. The van der Waals surface area contributed by atoms with E-state index in [1.807, 2.05) is 0 Å². The van der Waals surface area contributed by atoms with E-state index in [0.717, 1.165) is 6.92 Å². The van der Waals surface area contributed by atoms with E-state index in [0.29, 0.717) is 16.3 Å². The lowest BCUT2D eigenvalue weighted by Crippen LogP contribution is -2.69. The summed E-state index contributed by atoms with van der Waals surface area (Å²) in [5.41, 5.74) is 0.996. The highest BCUT2D eigenvalue weighted by Gasteiger charge is 2.54. The number of benzene rings is 1. The summed E-state index contributed by atoms with van der Waals surface area (Å²) in [5.74, 6) is -4.32. The summed E-state index contributed by atoms with van der Waals surface area (Å²) in [7, 11) is 0. The van der Waals surface area contributed by atoms with Gasteiger partial charge in [-0.1, -0.05) is 34.8 Å². The Labute approximate surface area is 224 Å². The van der Waals surface area contributed by atoms with Gasteiger partial charge in [0.05, 0.1) is 19.6 Å². The number of hydrogen-bond acceptors (Lipinski definition) is 6. The van der Waals surface area contributed by atoms with Crippen LogP contribution in [0.25, 0.3) is 0 Å². The van der Waals surface area contributed by atoms with Crippen LogP contribution < -0.4 is 20.4 Å². The lowest BCUT2D eigenvalue weighted by Gasteiger charge is -2.48. The van der Waals surface area contributed by atoms with Gasteiger partial charge in [-0.05, 0) is 31.2 Å². The number of carbonyl (C=O) groups excluding carboxylic acids is 3. The standard InChI is InChI=1S/C21H24Cl3F4N5O4/c1-12(34)29-9-15-10-32(18(36)37-15)14-5-3-13(4-6-14)31-7-8-33(19(2,25)11-31)16(21(26,27)28)30-17(35)20(22,23)24/h3-6,15-16H,7-11H2,1-2H3,(H,29,34)(H,30,35)/t15?,16?,19-/m1/s1. The van der Waals surface area contributed by atoms with Crippen molar-refractivity contribution >= 4 is 64.1 Å². The number of cyclic esters (lactones) is 1. The van der Waals surface area contributed by atoms with E-state index < -0.39 is 53.1 Å². The number of carbonyl (C=O) groups is 3. The van der Waals surface area contributed by atoms with E-state index in [1.165, 1.54) is 16.7 Å². The number of nitrogens with zero attached hydrogens (tertiary/aromatic N) is 3. The highest BCUT2D eigenvalue weighted by atomic mass is 35.6. The molecule has 2 N–H and O–H groups in total. The Bertz CT molecular complexity index is 1020. The molecule has 206 valence electrons. The van der Waals surface area contributed by atoms with Crippen LogP contribution in [0, 0.1) is 0 Å². The molecule has 2 aliphatic heterocycles. The molecule has 0 saturated carbocycles. The predicted octanol–water partition coefficient (Wildman–Crippen LogP) is 3.33. The summed E-state index contributed by atoms with van der Waals surface area (Å²) in [5, 5.41) is 4.15. The van der Waals surface area contributed by atoms with Crippen molar-refractivity contribution in [3.05, 3.63) is 24.3 Å². The number of amides is 3. The molecular formula is C21H24Cl3F4N5O4. The van der Waals surface area contributed by atoms with Crippen LogP contribution in [0.1, 0.15) is 13.8 Å². The topological polar surface area (TPSA) is 94.2 Å². The molecule has 2 heterocycles. The van der Waals surface area contributed by atoms with E-state index in [2.05, 4.69) is 5.32 Å². The van der Waals surface area contributed by atoms with Gasteiger partial charge in [-0.15, -0.1) is 0 Å². The second kappa shape index (κ2) is 10.9. The number of piperazine rings is 1. The first-order valence-electron chi connectivity index (χ1n) is 11.0. The van der Waals surface area contributed by atoms with E-state index in [4.69, 9.17) is 39.5 Å². The highest BCUT2D eigenvalue weighted by molar-refractivity contribution is 6.76. The summed E-state index contributed by atoms with van der Waals surface area (Å²) in [6.07, 6.45) is -8.89. The van der Waals surface area contributed by atoms with Gasteiger partial charge in [-0.3, -0.25) is 14.5 Å². The minimum atomic E-state index is -5.05. The largest absolute Gasteiger partial charge is 0.442 e. The number of ether oxygens (including phenoxy) is 1. The average Bonchev–Trinajstić information content (AvgIpc) is 3.15. The summed E-state index contributed by atoms with van der Waals surface area (Å²) in [4.78, 5) is 38.5. The van der Waals surface area contributed by atoms with E-state index in [9.17, 15) is 27.6 Å². The Morgan fingerprint density at radius 2 is 1.76 bits per heavy atom. The lowest BCUT2D eigenvalue weighted by atomic mass is 10.1. The first-order valence-corrected chi connectivity index (χ1v) is 12.1. The number of nitrogens with one attached hydrogen (secondary N) is 2. The van der Waals surface area contributed by atoms with Crippen LogP contribution in [0.4, 0.5) is 33.7 Å². The molecule has 0 radical (unpaired) electrons. The fourth-order valence-corrected chi connectivity index (χ4v) is 4.24. The Balaban J connectivity index is 1.69. The summed E-state index contributed by atoms with van der Waals surface area (Å²) in [6, 6.07) is 6.39. The van der Waals surface area contributed by atoms with E-state index in [1.54, 1.807) is 29.6 Å². The van der Waals surface area contributed by atoms with Crippen LogP contribution in [-0.4, -0.2) is 83.6 Å². The molecule has 2 aliphatic rings. The number of anilines is 2. The second-order valence-corrected chi connectivity index (χ2v) is 11.0. The molecule has 0 aliphatic carbocycles. The van der Waals surface area contributed by atoms with Gasteiger partial charge in [0.1, 0.15) is 6.10 Å². The predicted molar refractivity (Wildman–Crippen MR) is 129 cm³/mol. The molecule has 2 fully saturated rings. The second-order valence-electron chi connectivity index (χ2n) is 8.74. The van der Waals surface area contributed by atoms with Gasteiger partial charge in [-0.25, -0.2) is 14.1 Å². The van der Waals surface area contributed by atoms with Gasteiger partial charge in [0.25, 0.3) is 9.70 Å². The first kappa shape index (κ1) is 29.3. The van der Waals surface area contributed by atoms with Gasteiger partial charge in [0.15, 0.2) is 12.0 Å². The van der Waals surface area contributed by atoms with Crippen molar-refractivity contribution in [1.29, 1.82) is 0 Å². The van der Waals surface area contributed by atoms with Gasteiger partial charge >= 0.3 is 12.3 Å². The quantitative estimate of drug-likeness (QED) is 0.299. The Hall–Kier alpha value is -2.22. The van der Waals surface area contributed by atoms with Crippen molar-refractivity contribution in [3.63, 3.8) is 0 Å². The van der Waals surface area contributed by atoms with Crippen molar-refractivity contribution in [3.8, 4) is 0 Å². The van der Waals surface area contributed by atoms with Crippen molar-refractivity contribution in [2.24, 2.45) is 0 Å². The van der Waals surface area contributed by atoms with Crippen molar-refractivity contribution in [2.45, 2.75) is 41.9 Å². The average molecular weight is 593 g/mol. The molecule has 3 rings (SSSR count). The Kier molecular flexibility index (Phi) is 8.62. The van der Waals surface area contributed by atoms with Crippen molar-refractivity contribution in [2.75, 3.05) is 42.5 Å². The minimum Gasteiger partial charge on any atom is -0.442 e. The molecule has 0 spiro atoms. The van der Waals surface area contributed by atoms with Crippen molar-refractivity contribution < 1.29 is 36.7 Å². The molecule has 37 heavy (non-hydrogen) atoms. The van der Waals surface area contributed by atoms with Crippen molar-refractivity contribution in [1.82, 2.24) is 15.5 Å². The van der Waals surface area contributed by atoms with E-state index >= 15 is 4.39 Å². The fourth-order valence-electron chi connectivity index (χ4n) is 4.08. The molecule has 2 saturated heterocycles.